The molecule has 1 atom stereocenters. The summed E-state index contributed by atoms with van der Waals surface area (Å²) in [6.45, 7) is 1.43. The van der Waals surface area contributed by atoms with E-state index in [9.17, 15) is 0 Å². The van der Waals surface area contributed by atoms with Gasteiger partial charge < -0.3 is 20.2 Å². The molecule has 20 heavy (non-hydrogen) atoms. The van der Waals surface area contributed by atoms with Gasteiger partial charge in [-0.2, -0.15) is 0 Å². The van der Waals surface area contributed by atoms with E-state index in [1.165, 1.54) is 5.56 Å². The van der Waals surface area contributed by atoms with Crippen molar-refractivity contribution >= 4 is 5.84 Å². The highest BCUT2D eigenvalue weighted by molar-refractivity contribution is 5.93. The van der Waals surface area contributed by atoms with Crippen molar-refractivity contribution in [3.63, 3.8) is 0 Å². The lowest BCUT2D eigenvalue weighted by Crippen LogP contribution is -2.23. The van der Waals surface area contributed by atoms with Gasteiger partial charge in [0.2, 0.25) is 5.84 Å². The molecule has 3 N–H and O–H groups in total. The molecular weight excluding hydrogens is 256 g/mol. The SMILES string of the molecule is N/C(=N/O)c1nccn1CC1CCOc2ccccc21. The minimum atomic E-state index is 0.0235. The lowest BCUT2D eigenvalue weighted by molar-refractivity contribution is 0.258. The second-order valence-electron chi connectivity index (χ2n) is 4.76. The first-order valence-corrected chi connectivity index (χ1v) is 6.50. The lowest BCUT2D eigenvalue weighted by atomic mass is 9.93. The third kappa shape index (κ3) is 2.20. The maximum Gasteiger partial charge on any atom is 0.206 e. The molecule has 0 radical (unpaired) electrons. The van der Waals surface area contributed by atoms with Gasteiger partial charge in [0.05, 0.1) is 6.61 Å². The number of para-hydroxylation sites is 1. The zero-order valence-electron chi connectivity index (χ0n) is 10.9. The largest absolute Gasteiger partial charge is 0.493 e. The minimum Gasteiger partial charge on any atom is -0.493 e. The predicted molar refractivity (Wildman–Crippen MR) is 74.0 cm³/mol. The minimum absolute atomic E-state index is 0.0235. The van der Waals surface area contributed by atoms with Crippen LogP contribution in [0.5, 0.6) is 5.75 Å². The van der Waals surface area contributed by atoms with Crippen molar-refractivity contribution in [2.45, 2.75) is 18.9 Å². The standard InChI is InChI=1S/C14H16N4O2/c15-13(17-19)14-16-6-7-18(14)9-10-5-8-20-12-4-2-1-3-11(10)12/h1-4,6-7,10,19H,5,8-9H2,(H2,15,17). The summed E-state index contributed by atoms with van der Waals surface area (Å²) in [5, 5.41) is 11.8. The van der Waals surface area contributed by atoms with Crippen LogP contribution in [-0.4, -0.2) is 27.2 Å². The van der Waals surface area contributed by atoms with E-state index in [4.69, 9.17) is 15.7 Å². The smallest absolute Gasteiger partial charge is 0.206 e. The zero-order valence-corrected chi connectivity index (χ0v) is 10.9. The van der Waals surface area contributed by atoms with E-state index in [-0.39, 0.29) is 5.84 Å². The molecule has 6 nitrogen and oxygen atoms in total. The van der Waals surface area contributed by atoms with E-state index >= 15 is 0 Å². The van der Waals surface area contributed by atoms with Crippen molar-refractivity contribution < 1.29 is 9.94 Å². The van der Waals surface area contributed by atoms with Gasteiger partial charge in [-0.25, -0.2) is 4.98 Å². The topological polar surface area (TPSA) is 85.7 Å². The first-order valence-electron chi connectivity index (χ1n) is 6.50. The second kappa shape index (κ2) is 5.24. The highest BCUT2D eigenvalue weighted by Crippen LogP contribution is 2.34. The number of oxime groups is 1. The molecule has 1 aliphatic heterocycles. The number of hydrogen-bond donors (Lipinski definition) is 2. The Bertz CT molecular complexity index is 636. The molecule has 104 valence electrons. The summed E-state index contributed by atoms with van der Waals surface area (Å²) in [4.78, 5) is 4.12. The van der Waals surface area contributed by atoms with E-state index in [0.29, 0.717) is 18.3 Å². The van der Waals surface area contributed by atoms with Crippen molar-refractivity contribution in [2.75, 3.05) is 6.61 Å². The van der Waals surface area contributed by atoms with Gasteiger partial charge in [-0.05, 0) is 18.1 Å². The van der Waals surface area contributed by atoms with Crippen molar-refractivity contribution in [1.82, 2.24) is 9.55 Å². The van der Waals surface area contributed by atoms with Crippen LogP contribution in [0.3, 0.4) is 0 Å². The number of ether oxygens (including phenoxy) is 1. The summed E-state index contributed by atoms with van der Waals surface area (Å²) < 4.78 is 7.56. The maximum absolute atomic E-state index is 8.78. The Morgan fingerprint density at radius 1 is 1.50 bits per heavy atom. The average molecular weight is 272 g/mol. The molecule has 1 aromatic heterocycles. The molecule has 0 amide bonds. The quantitative estimate of drug-likeness (QED) is 0.384. The highest BCUT2D eigenvalue weighted by Gasteiger charge is 2.22. The molecule has 2 heterocycles. The number of nitrogens with two attached hydrogens (primary N) is 1. The molecule has 0 fully saturated rings. The van der Waals surface area contributed by atoms with Crippen LogP contribution in [0.1, 0.15) is 23.7 Å². The monoisotopic (exact) mass is 272 g/mol. The van der Waals surface area contributed by atoms with Gasteiger partial charge in [-0.3, -0.25) is 0 Å². The fourth-order valence-corrected chi connectivity index (χ4v) is 2.58. The second-order valence-corrected chi connectivity index (χ2v) is 4.76. The van der Waals surface area contributed by atoms with Crippen molar-refractivity contribution in [3.05, 3.63) is 48.0 Å². The summed E-state index contributed by atoms with van der Waals surface area (Å²) in [6.07, 6.45) is 4.43. The Morgan fingerprint density at radius 3 is 3.20 bits per heavy atom. The number of rotatable bonds is 3. The van der Waals surface area contributed by atoms with Gasteiger partial charge in [0.15, 0.2) is 5.82 Å². The fourth-order valence-electron chi connectivity index (χ4n) is 2.58. The van der Waals surface area contributed by atoms with Crippen LogP contribution in [0.25, 0.3) is 0 Å². The van der Waals surface area contributed by atoms with E-state index in [1.807, 2.05) is 29.0 Å². The Labute approximate surface area is 116 Å². The summed E-state index contributed by atoms with van der Waals surface area (Å²) in [5.74, 6) is 1.78. The van der Waals surface area contributed by atoms with Crippen molar-refractivity contribution in [2.24, 2.45) is 10.9 Å². The van der Waals surface area contributed by atoms with Gasteiger partial charge in [0.1, 0.15) is 5.75 Å². The number of amidine groups is 1. The third-order valence-electron chi connectivity index (χ3n) is 3.55. The van der Waals surface area contributed by atoms with Crippen molar-refractivity contribution in [3.8, 4) is 5.75 Å². The fraction of sp³-hybridized carbons (Fsp3) is 0.286. The molecular formula is C14H16N4O2. The first kappa shape index (κ1) is 12.5. The molecule has 6 heteroatoms. The van der Waals surface area contributed by atoms with E-state index < -0.39 is 0 Å². The molecule has 0 spiro atoms. The molecule has 0 bridgehead atoms. The predicted octanol–water partition coefficient (Wildman–Crippen LogP) is 1.54. The summed E-state index contributed by atoms with van der Waals surface area (Å²) in [5.41, 5.74) is 6.82. The van der Waals surface area contributed by atoms with Crippen LogP contribution in [0.4, 0.5) is 0 Å². The number of aromatic nitrogens is 2. The van der Waals surface area contributed by atoms with Gasteiger partial charge in [0, 0.05) is 24.9 Å². The summed E-state index contributed by atoms with van der Waals surface area (Å²) in [6, 6.07) is 8.05. The Balaban J connectivity index is 1.88. The maximum atomic E-state index is 8.78. The van der Waals surface area contributed by atoms with E-state index in [0.717, 1.165) is 18.7 Å². The number of imidazole rings is 1. The summed E-state index contributed by atoms with van der Waals surface area (Å²) in [7, 11) is 0. The zero-order chi connectivity index (χ0) is 13.9. The number of nitrogens with zero attached hydrogens (tertiary/aromatic N) is 3. The Kier molecular flexibility index (Phi) is 3.28. The first-order chi connectivity index (χ1) is 9.79. The molecule has 0 saturated heterocycles. The lowest BCUT2D eigenvalue weighted by Gasteiger charge is -2.26. The molecule has 1 aromatic carbocycles. The molecule has 1 aliphatic rings. The van der Waals surface area contributed by atoms with Crippen LogP contribution in [0.15, 0.2) is 41.8 Å². The molecule has 3 rings (SSSR count). The van der Waals surface area contributed by atoms with Gasteiger partial charge in [-0.1, -0.05) is 23.4 Å². The van der Waals surface area contributed by atoms with Crippen LogP contribution >= 0.6 is 0 Å². The van der Waals surface area contributed by atoms with Gasteiger partial charge in [0.25, 0.3) is 0 Å². The van der Waals surface area contributed by atoms with Crippen molar-refractivity contribution in [1.29, 1.82) is 0 Å². The van der Waals surface area contributed by atoms with Crippen LogP contribution in [-0.2, 0) is 6.54 Å². The molecule has 1 unspecified atom stereocenters. The highest BCUT2D eigenvalue weighted by atomic mass is 16.5. The van der Waals surface area contributed by atoms with Crippen LogP contribution in [0, 0.1) is 0 Å². The van der Waals surface area contributed by atoms with E-state index in [1.54, 1.807) is 6.20 Å². The van der Waals surface area contributed by atoms with Gasteiger partial charge in [-0.15, -0.1) is 0 Å². The normalized spacial score (nSPS) is 18.4. The Morgan fingerprint density at radius 2 is 2.35 bits per heavy atom. The number of hydrogen-bond acceptors (Lipinski definition) is 4. The molecule has 0 saturated carbocycles. The molecule has 0 aliphatic carbocycles. The van der Waals surface area contributed by atoms with E-state index in [2.05, 4.69) is 16.2 Å². The van der Waals surface area contributed by atoms with Gasteiger partial charge >= 0.3 is 0 Å². The van der Waals surface area contributed by atoms with Crippen LogP contribution < -0.4 is 10.5 Å². The Hall–Kier alpha value is -2.50. The number of fused-ring (bicyclic) bond motifs is 1. The molecule has 2 aromatic rings. The average Bonchev–Trinajstić information content (AvgIpc) is 2.95. The third-order valence-corrected chi connectivity index (χ3v) is 3.55. The van der Waals surface area contributed by atoms with Crippen LogP contribution in [0.2, 0.25) is 0 Å². The summed E-state index contributed by atoms with van der Waals surface area (Å²) >= 11 is 0. The number of benzene rings is 1.